The van der Waals surface area contributed by atoms with Crippen LogP contribution in [0.1, 0.15) is 91.9 Å². The van der Waals surface area contributed by atoms with Gasteiger partial charge in [0.1, 0.15) is 39.5 Å². The van der Waals surface area contributed by atoms with Crippen LogP contribution in [0.5, 0.6) is 0 Å². The lowest BCUT2D eigenvalue weighted by Crippen LogP contribution is -2.50. The van der Waals surface area contributed by atoms with Crippen molar-refractivity contribution in [3.8, 4) is 0 Å². The van der Waals surface area contributed by atoms with E-state index in [1.165, 1.54) is 65.7 Å². The summed E-state index contributed by atoms with van der Waals surface area (Å²) in [6.45, 7) is 8.77. The van der Waals surface area contributed by atoms with Crippen LogP contribution < -0.4 is 0 Å². The molecule has 220 valence electrons. The van der Waals surface area contributed by atoms with E-state index >= 15 is 0 Å². The van der Waals surface area contributed by atoms with E-state index in [1.54, 1.807) is 0 Å². The first-order valence-corrected chi connectivity index (χ1v) is 14.5. The molecular formula is C25H49NO10S. The maximum Gasteiger partial charge on any atom is 0.302 e. The highest BCUT2D eigenvalue weighted by Gasteiger charge is 2.22. The summed E-state index contributed by atoms with van der Waals surface area (Å²) in [6.07, 6.45) is 11.7. The molecule has 0 aliphatic heterocycles. The number of carbonyl (C=O) groups excluding carboxylic acids is 3. The van der Waals surface area contributed by atoms with Gasteiger partial charge in [-0.1, -0.05) is 64.7 Å². The number of likely N-dealkylation sites (N-methyl/N-ethyl adjacent to an activating group) is 1. The predicted molar refractivity (Wildman–Crippen MR) is 138 cm³/mol. The predicted octanol–water partition coefficient (Wildman–Crippen LogP) is 3.51. The van der Waals surface area contributed by atoms with Gasteiger partial charge in [-0.2, -0.15) is 0 Å². The zero-order valence-corrected chi connectivity index (χ0v) is 24.3. The first kappa shape index (κ1) is 37.4. The average molecular weight is 556 g/mol. The van der Waals surface area contributed by atoms with Gasteiger partial charge in [-0.05, 0) is 6.42 Å². The van der Waals surface area contributed by atoms with Gasteiger partial charge in [-0.3, -0.25) is 18.6 Å². The van der Waals surface area contributed by atoms with E-state index in [9.17, 15) is 27.4 Å². The topological polar surface area (TPSA) is 145 Å². The molecule has 0 unspecified atom stereocenters. The molecule has 0 amide bonds. The molecule has 0 saturated heterocycles. The van der Waals surface area contributed by atoms with Crippen molar-refractivity contribution in [1.29, 1.82) is 0 Å². The molecular weight excluding hydrogens is 506 g/mol. The van der Waals surface area contributed by atoms with Crippen LogP contribution in [0.2, 0.25) is 0 Å². The molecule has 0 fully saturated rings. The molecule has 0 heterocycles. The molecule has 0 aromatic carbocycles. The van der Waals surface area contributed by atoms with Crippen molar-refractivity contribution >= 4 is 28.3 Å². The van der Waals surface area contributed by atoms with Crippen LogP contribution in [0.4, 0.5) is 0 Å². The Kier molecular flexibility index (Phi) is 23.6. The quantitative estimate of drug-likeness (QED) is 0.0515. The van der Waals surface area contributed by atoms with Crippen LogP contribution >= 0.6 is 0 Å². The third-order valence-corrected chi connectivity index (χ3v) is 5.99. The normalized spacial score (nSPS) is 11.3. The molecule has 0 aromatic heterocycles. The van der Waals surface area contributed by atoms with Gasteiger partial charge in [0.25, 0.3) is 0 Å². The Balaban J connectivity index is 0. The minimum Gasteiger partial charge on any atom is -0.726 e. The second-order valence-electron chi connectivity index (χ2n) is 9.22. The van der Waals surface area contributed by atoms with Gasteiger partial charge in [-0.15, -0.1) is 0 Å². The van der Waals surface area contributed by atoms with Gasteiger partial charge in [0, 0.05) is 20.8 Å². The summed E-state index contributed by atoms with van der Waals surface area (Å²) in [7, 11) is -2.56. The Hall–Kier alpha value is -1.76. The molecule has 0 bridgehead atoms. The van der Waals surface area contributed by atoms with Crippen LogP contribution in [0, 0.1) is 0 Å². The summed E-state index contributed by atoms with van der Waals surface area (Å²) in [5.41, 5.74) is 0. The SMILES string of the molecule is CC(=O)OCC[N+](C)(CCOC(C)=O)CCOC(C)=O.CCCCCCCCCCCCOS(=O)(=O)[O-]. The van der Waals surface area contributed by atoms with E-state index in [1.807, 2.05) is 7.05 Å². The molecule has 0 aliphatic carbocycles. The molecule has 0 aromatic rings. The van der Waals surface area contributed by atoms with Crippen molar-refractivity contribution in [2.75, 3.05) is 53.1 Å². The number of unbranched alkanes of at least 4 members (excludes halogenated alkanes) is 9. The summed E-state index contributed by atoms with van der Waals surface area (Å²) in [5, 5.41) is 0. The fourth-order valence-corrected chi connectivity index (χ4v) is 3.64. The Bertz CT molecular complexity index is 662. The highest BCUT2D eigenvalue weighted by molar-refractivity contribution is 7.80. The summed E-state index contributed by atoms with van der Waals surface area (Å²) in [5.74, 6) is -1.01. The van der Waals surface area contributed by atoms with Gasteiger partial charge in [0.15, 0.2) is 0 Å². The fourth-order valence-electron chi connectivity index (χ4n) is 3.32. The average Bonchev–Trinajstić information content (AvgIpc) is 2.76. The lowest BCUT2D eigenvalue weighted by atomic mass is 10.1. The maximum atomic E-state index is 10.8. The van der Waals surface area contributed by atoms with Gasteiger partial charge in [0.2, 0.25) is 10.4 Å². The first-order chi connectivity index (χ1) is 17.3. The molecule has 0 saturated carbocycles. The number of carbonyl (C=O) groups is 3. The van der Waals surface area contributed by atoms with Crippen molar-refractivity contribution in [3.05, 3.63) is 0 Å². The number of rotatable bonds is 21. The van der Waals surface area contributed by atoms with Gasteiger partial charge >= 0.3 is 17.9 Å². The second-order valence-corrected chi connectivity index (χ2v) is 10.3. The van der Waals surface area contributed by atoms with E-state index in [-0.39, 0.29) is 44.3 Å². The van der Waals surface area contributed by atoms with Crippen molar-refractivity contribution in [3.63, 3.8) is 0 Å². The molecule has 0 aliphatic rings. The van der Waals surface area contributed by atoms with Crippen LogP contribution in [0.3, 0.4) is 0 Å². The van der Waals surface area contributed by atoms with E-state index in [2.05, 4.69) is 11.1 Å². The lowest BCUT2D eigenvalue weighted by molar-refractivity contribution is -0.910. The number of nitrogens with zero attached hydrogens (tertiary/aromatic N) is 1. The van der Waals surface area contributed by atoms with Crippen LogP contribution in [0.25, 0.3) is 0 Å². The van der Waals surface area contributed by atoms with Crippen molar-refractivity contribution in [2.45, 2.75) is 91.9 Å². The Labute approximate surface area is 223 Å². The summed E-state index contributed by atoms with van der Waals surface area (Å²) >= 11 is 0. The van der Waals surface area contributed by atoms with Crippen molar-refractivity contribution in [2.24, 2.45) is 0 Å². The molecule has 12 heteroatoms. The highest BCUT2D eigenvalue weighted by atomic mass is 32.3. The molecule has 0 rings (SSSR count). The largest absolute Gasteiger partial charge is 0.726 e. The minimum atomic E-state index is -4.48. The highest BCUT2D eigenvalue weighted by Crippen LogP contribution is 2.10. The number of quaternary nitrogens is 1. The van der Waals surface area contributed by atoms with Crippen molar-refractivity contribution in [1.82, 2.24) is 0 Å². The van der Waals surface area contributed by atoms with Crippen LogP contribution in [-0.4, -0.2) is 88.5 Å². The zero-order chi connectivity index (χ0) is 28.6. The van der Waals surface area contributed by atoms with Gasteiger partial charge in [0.05, 0.1) is 13.7 Å². The molecule has 0 radical (unpaired) electrons. The van der Waals surface area contributed by atoms with Gasteiger partial charge in [-0.25, -0.2) is 8.42 Å². The number of ether oxygens (including phenoxy) is 3. The smallest absolute Gasteiger partial charge is 0.302 e. The van der Waals surface area contributed by atoms with Gasteiger partial charge < -0.3 is 23.2 Å². The number of hydrogen-bond donors (Lipinski definition) is 0. The van der Waals surface area contributed by atoms with E-state index in [0.717, 1.165) is 12.8 Å². The second kappa shape index (κ2) is 23.4. The maximum absolute atomic E-state index is 10.8. The summed E-state index contributed by atoms with van der Waals surface area (Å²) < 4.78 is 49.7. The molecule has 37 heavy (non-hydrogen) atoms. The zero-order valence-electron chi connectivity index (χ0n) is 23.5. The monoisotopic (exact) mass is 555 g/mol. The third kappa shape index (κ3) is 32.2. The van der Waals surface area contributed by atoms with Crippen molar-refractivity contribution < 1.29 is 50.2 Å². The summed E-state index contributed by atoms with van der Waals surface area (Å²) in [4.78, 5) is 32.3. The van der Waals surface area contributed by atoms with Crippen LogP contribution in [-0.2, 0) is 43.2 Å². The molecule has 11 nitrogen and oxygen atoms in total. The van der Waals surface area contributed by atoms with E-state index in [0.29, 0.717) is 30.5 Å². The van der Waals surface area contributed by atoms with E-state index in [4.69, 9.17) is 14.2 Å². The molecule has 0 spiro atoms. The summed E-state index contributed by atoms with van der Waals surface area (Å²) in [6, 6.07) is 0. The minimum absolute atomic E-state index is 0.0301. The Morgan fingerprint density at radius 3 is 1.24 bits per heavy atom. The molecule has 0 N–H and O–H groups in total. The Morgan fingerprint density at radius 1 is 0.622 bits per heavy atom. The fraction of sp³-hybridized carbons (Fsp3) is 0.880. The number of hydrogen-bond acceptors (Lipinski definition) is 10. The lowest BCUT2D eigenvalue weighted by Gasteiger charge is -2.33. The van der Waals surface area contributed by atoms with E-state index < -0.39 is 10.4 Å². The third-order valence-electron chi connectivity index (χ3n) is 5.53. The Morgan fingerprint density at radius 2 is 0.946 bits per heavy atom. The first-order valence-electron chi connectivity index (χ1n) is 13.1. The van der Waals surface area contributed by atoms with Crippen LogP contribution in [0.15, 0.2) is 0 Å². The molecule has 0 atom stereocenters. The standard InChI is InChI=1S/C13H24NO6.C12H26O4S/c1-11(15)18-8-5-14(4,6-9-19-12(2)16)7-10-20-13(3)17;1-2-3-4-5-6-7-8-9-10-11-12-16-17(13,14)15/h5-10H2,1-4H3;2-12H2,1H3,(H,13,14,15)/q+1;/p-1. The number of esters is 3.